The van der Waals surface area contributed by atoms with E-state index < -0.39 is 0 Å². The van der Waals surface area contributed by atoms with Crippen molar-refractivity contribution in [3.8, 4) is 0 Å². The van der Waals surface area contributed by atoms with Gasteiger partial charge < -0.3 is 0 Å². The van der Waals surface area contributed by atoms with Crippen LogP contribution in [0.5, 0.6) is 0 Å². The van der Waals surface area contributed by atoms with Crippen molar-refractivity contribution in [3.05, 3.63) is 18.1 Å². The molecule has 1 radical (unpaired) electrons. The maximum Gasteiger partial charge on any atom is -0.0197 e. The van der Waals surface area contributed by atoms with Gasteiger partial charge in [0.25, 0.3) is 0 Å². The van der Waals surface area contributed by atoms with Gasteiger partial charge in [-0.3, -0.25) is 0 Å². The summed E-state index contributed by atoms with van der Waals surface area (Å²) in [6, 6.07) is 0. The molecule has 0 aromatic rings. The van der Waals surface area contributed by atoms with Crippen molar-refractivity contribution in [1.29, 1.82) is 0 Å². The van der Waals surface area contributed by atoms with Crippen LogP contribution < -0.4 is 0 Å². The van der Waals surface area contributed by atoms with E-state index in [9.17, 15) is 0 Å². The van der Waals surface area contributed by atoms with Crippen LogP contribution in [-0.4, -0.2) is 0 Å². The van der Waals surface area contributed by atoms with Gasteiger partial charge in [0.15, 0.2) is 0 Å². The zero-order valence-corrected chi connectivity index (χ0v) is 5.81. The highest BCUT2D eigenvalue weighted by molar-refractivity contribution is 5.18. The van der Waals surface area contributed by atoms with E-state index in [4.69, 9.17) is 0 Å². The molecule has 0 saturated carbocycles. The number of hydrogen-bond donors (Lipinski definition) is 0. The minimum atomic E-state index is 0.713. The zero-order chi connectivity index (χ0) is 6.15. The monoisotopic (exact) mass is 109 g/mol. The van der Waals surface area contributed by atoms with Gasteiger partial charge in [0.2, 0.25) is 0 Å². The van der Waals surface area contributed by atoms with E-state index in [1.807, 2.05) is 0 Å². The Morgan fingerprint density at radius 1 is 1.38 bits per heavy atom. The van der Waals surface area contributed by atoms with E-state index >= 15 is 0 Å². The van der Waals surface area contributed by atoms with Gasteiger partial charge in [0.1, 0.15) is 0 Å². The molecule has 0 nitrogen and oxygen atoms in total. The molecule has 8 heavy (non-hydrogen) atoms. The highest BCUT2D eigenvalue weighted by Crippen LogP contribution is 2.27. The van der Waals surface area contributed by atoms with Gasteiger partial charge in [-0.2, -0.15) is 0 Å². The van der Waals surface area contributed by atoms with E-state index in [0.717, 1.165) is 5.92 Å². The van der Waals surface area contributed by atoms with Gasteiger partial charge in [-0.1, -0.05) is 25.5 Å². The summed E-state index contributed by atoms with van der Waals surface area (Å²) in [7, 11) is 0. The van der Waals surface area contributed by atoms with Crippen LogP contribution in [-0.2, 0) is 0 Å². The van der Waals surface area contributed by atoms with E-state index in [1.165, 1.54) is 5.57 Å². The van der Waals surface area contributed by atoms with Gasteiger partial charge in [-0.15, -0.1) is 0 Å². The minimum absolute atomic E-state index is 0.713. The lowest BCUT2D eigenvalue weighted by Gasteiger charge is -2.01. The average Bonchev–Trinajstić information content (AvgIpc) is 1.85. The molecule has 0 heteroatoms. The third kappa shape index (κ3) is 0.936. The standard InChI is InChI=1S/C8H13/c1-6-4-7(2)8(3)5-6/h4-7H,1-3H3. The lowest BCUT2D eigenvalue weighted by atomic mass is 10.0. The molecular formula is C8H13. The second-order valence-electron chi connectivity index (χ2n) is 2.75. The van der Waals surface area contributed by atoms with Crippen molar-refractivity contribution in [2.75, 3.05) is 0 Å². The average molecular weight is 109 g/mol. The van der Waals surface area contributed by atoms with E-state index in [-0.39, 0.29) is 0 Å². The number of rotatable bonds is 0. The molecule has 0 saturated heterocycles. The Morgan fingerprint density at radius 3 is 2.12 bits per heavy atom. The topological polar surface area (TPSA) is 0 Å². The highest BCUT2D eigenvalue weighted by atomic mass is 14.2. The maximum atomic E-state index is 2.37. The first-order valence-electron chi connectivity index (χ1n) is 3.23. The second-order valence-corrected chi connectivity index (χ2v) is 2.75. The Labute approximate surface area is 51.6 Å². The van der Waals surface area contributed by atoms with E-state index in [1.54, 1.807) is 0 Å². The molecule has 0 bridgehead atoms. The molecule has 2 atom stereocenters. The first kappa shape index (κ1) is 5.87. The lowest BCUT2D eigenvalue weighted by molar-refractivity contribution is 0.744. The fourth-order valence-electron chi connectivity index (χ4n) is 1.23. The lowest BCUT2D eigenvalue weighted by Crippen LogP contribution is -1.91. The first-order valence-corrected chi connectivity index (χ1v) is 3.23. The normalized spacial score (nSPS) is 37.6. The molecule has 0 aromatic heterocycles. The molecule has 0 heterocycles. The summed E-state index contributed by atoms with van der Waals surface area (Å²) in [5, 5.41) is 0. The van der Waals surface area contributed by atoms with Crippen molar-refractivity contribution in [1.82, 2.24) is 0 Å². The van der Waals surface area contributed by atoms with Crippen LogP contribution in [0.1, 0.15) is 20.8 Å². The Kier molecular flexibility index (Phi) is 1.41. The number of allylic oxidation sites excluding steroid dienone is 2. The smallest absolute Gasteiger partial charge is 0.0197 e. The zero-order valence-electron chi connectivity index (χ0n) is 5.81. The van der Waals surface area contributed by atoms with Gasteiger partial charge in [-0.25, -0.2) is 0 Å². The summed E-state index contributed by atoms with van der Waals surface area (Å²) in [5.41, 5.74) is 1.53. The summed E-state index contributed by atoms with van der Waals surface area (Å²) in [6.45, 7) is 6.67. The molecule has 0 N–H and O–H groups in total. The van der Waals surface area contributed by atoms with Crippen molar-refractivity contribution >= 4 is 0 Å². The molecule has 1 rings (SSSR count). The van der Waals surface area contributed by atoms with E-state index in [2.05, 4.69) is 33.3 Å². The maximum absolute atomic E-state index is 2.37. The summed E-state index contributed by atoms with van der Waals surface area (Å²) in [4.78, 5) is 0. The fraction of sp³-hybridized carbons (Fsp3) is 0.625. The molecule has 0 aliphatic heterocycles. The van der Waals surface area contributed by atoms with Crippen LogP contribution in [0.15, 0.2) is 11.6 Å². The minimum Gasteiger partial charge on any atom is -0.0822 e. The van der Waals surface area contributed by atoms with Crippen LogP contribution in [0.2, 0.25) is 0 Å². The summed E-state index contributed by atoms with van der Waals surface area (Å²) >= 11 is 0. The predicted molar refractivity (Wildman–Crippen MR) is 36.4 cm³/mol. The molecule has 1 aliphatic carbocycles. The molecule has 0 spiro atoms. The van der Waals surface area contributed by atoms with Crippen molar-refractivity contribution in [2.24, 2.45) is 11.8 Å². The van der Waals surface area contributed by atoms with E-state index in [0.29, 0.717) is 5.92 Å². The fourth-order valence-corrected chi connectivity index (χ4v) is 1.23. The summed E-state index contributed by atoms with van der Waals surface area (Å²) < 4.78 is 0. The second kappa shape index (κ2) is 1.93. The van der Waals surface area contributed by atoms with Crippen LogP contribution in [0, 0.1) is 18.3 Å². The first-order chi connectivity index (χ1) is 3.70. The highest BCUT2D eigenvalue weighted by Gasteiger charge is 2.15. The molecule has 2 unspecified atom stereocenters. The van der Waals surface area contributed by atoms with Gasteiger partial charge >= 0.3 is 0 Å². The van der Waals surface area contributed by atoms with Crippen LogP contribution in [0.25, 0.3) is 0 Å². The number of hydrogen-bond acceptors (Lipinski definition) is 0. The third-order valence-corrected chi connectivity index (χ3v) is 1.84. The Balaban J connectivity index is 2.59. The summed E-state index contributed by atoms with van der Waals surface area (Å²) in [6.07, 6.45) is 4.69. The summed E-state index contributed by atoms with van der Waals surface area (Å²) in [5.74, 6) is 1.44. The molecule has 0 aromatic carbocycles. The Hall–Kier alpha value is -0.260. The molecule has 45 valence electrons. The van der Waals surface area contributed by atoms with Gasteiger partial charge in [0, 0.05) is 0 Å². The van der Waals surface area contributed by atoms with Gasteiger partial charge in [0.05, 0.1) is 0 Å². The van der Waals surface area contributed by atoms with Gasteiger partial charge in [-0.05, 0) is 25.2 Å². The largest absolute Gasteiger partial charge is 0.0822 e. The van der Waals surface area contributed by atoms with Crippen molar-refractivity contribution in [2.45, 2.75) is 20.8 Å². The quantitative estimate of drug-likeness (QED) is 0.419. The SMILES string of the molecule is CC1=CC(C)[CH]C1C. The third-order valence-electron chi connectivity index (χ3n) is 1.84. The molecule has 1 aliphatic rings. The van der Waals surface area contributed by atoms with Crippen molar-refractivity contribution < 1.29 is 0 Å². The molecular weight excluding hydrogens is 96.1 g/mol. The Morgan fingerprint density at radius 2 is 2.00 bits per heavy atom. The predicted octanol–water partition coefficient (Wildman–Crippen LogP) is 2.42. The van der Waals surface area contributed by atoms with Crippen LogP contribution in [0.3, 0.4) is 0 Å². The van der Waals surface area contributed by atoms with Crippen LogP contribution in [0.4, 0.5) is 0 Å². The van der Waals surface area contributed by atoms with Crippen LogP contribution >= 0.6 is 0 Å². The molecule has 0 fully saturated rings. The molecule has 0 amide bonds. The Bertz CT molecular complexity index is 111. The van der Waals surface area contributed by atoms with Crippen molar-refractivity contribution in [3.63, 3.8) is 0 Å².